The number of ether oxygens (including phenoxy) is 3. The van der Waals surface area contributed by atoms with Gasteiger partial charge in [0.2, 0.25) is 0 Å². The van der Waals surface area contributed by atoms with E-state index in [0.717, 1.165) is 28.0 Å². The van der Waals surface area contributed by atoms with Crippen molar-refractivity contribution in [2.24, 2.45) is 0 Å². The molecule has 0 fully saturated rings. The van der Waals surface area contributed by atoms with Gasteiger partial charge in [-0.15, -0.1) is 0 Å². The summed E-state index contributed by atoms with van der Waals surface area (Å²) in [5.41, 5.74) is 3.39. The third-order valence-corrected chi connectivity index (χ3v) is 6.22. The molecule has 0 aliphatic rings. The zero-order valence-corrected chi connectivity index (χ0v) is 23.1. The fraction of sp³-hybridized carbons (Fsp3) is 0.0882. The minimum Gasteiger partial charge on any atom is -0.423 e. The van der Waals surface area contributed by atoms with Crippen molar-refractivity contribution in [2.45, 2.75) is 20.0 Å². The maximum atomic E-state index is 12.0. The van der Waals surface area contributed by atoms with Crippen molar-refractivity contribution in [3.63, 3.8) is 0 Å². The molecule has 8 nitrogen and oxygen atoms in total. The molecular formula is C34H28O8. The molecule has 0 aliphatic carbocycles. The van der Waals surface area contributed by atoms with Gasteiger partial charge >= 0.3 is 17.9 Å². The van der Waals surface area contributed by atoms with E-state index < -0.39 is 24.0 Å². The molecule has 0 aromatic heterocycles. The Balaban J connectivity index is 1.59. The summed E-state index contributed by atoms with van der Waals surface area (Å²) in [6.07, 6.45) is 0.0306. The largest absolute Gasteiger partial charge is 0.423 e. The number of carbonyl (C=O) groups is 3. The number of benzene rings is 4. The predicted molar refractivity (Wildman–Crippen MR) is 158 cm³/mol. The van der Waals surface area contributed by atoms with Gasteiger partial charge in [0.1, 0.15) is 11.9 Å². The SMILES string of the molecule is C=CC(=O)Oc1cc(C(OO)c2ccc(-c3ccc4cc(OC(=O)C(=C)C)ccc4c3)cc2)ccc1OC(=O)C(=C)C. The Kier molecular flexibility index (Phi) is 9.12. The standard InChI is InChI=1S/C34H28O8/c1-6-31(35)40-30-19-27(14-16-29(30)41-34(37)21(4)5)32(42-38)23-9-7-22(8-10-23)24-11-12-26-18-28(15-13-25(26)17-24)39-33(36)20(2)3/h6-19,32,38H,1-2,4H2,3,5H3. The lowest BCUT2D eigenvalue weighted by atomic mass is 9.96. The molecule has 0 saturated carbocycles. The minimum absolute atomic E-state index is 0.00797. The molecular weight excluding hydrogens is 536 g/mol. The molecule has 0 saturated heterocycles. The first-order valence-electron chi connectivity index (χ1n) is 12.8. The van der Waals surface area contributed by atoms with Gasteiger partial charge in [0.25, 0.3) is 0 Å². The van der Waals surface area contributed by atoms with Crippen molar-refractivity contribution < 1.29 is 38.7 Å². The molecule has 4 aromatic carbocycles. The Morgan fingerprint density at radius 2 is 1.29 bits per heavy atom. The van der Waals surface area contributed by atoms with Crippen LogP contribution in [0.25, 0.3) is 21.9 Å². The molecule has 4 aromatic rings. The summed E-state index contributed by atoms with van der Waals surface area (Å²) in [7, 11) is 0. The Labute approximate surface area is 242 Å². The highest BCUT2D eigenvalue weighted by molar-refractivity contribution is 5.92. The highest BCUT2D eigenvalue weighted by Crippen LogP contribution is 2.36. The molecule has 1 atom stereocenters. The molecule has 0 heterocycles. The Hall–Kier alpha value is -5.31. The molecule has 212 valence electrons. The first-order chi connectivity index (χ1) is 20.1. The number of carbonyl (C=O) groups excluding carboxylic acids is 3. The quantitative estimate of drug-likeness (QED) is 0.0712. The van der Waals surface area contributed by atoms with Crippen LogP contribution in [0.15, 0.2) is 116 Å². The van der Waals surface area contributed by atoms with Crippen LogP contribution in [-0.2, 0) is 19.3 Å². The summed E-state index contributed by atoms with van der Waals surface area (Å²) < 4.78 is 15.9. The lowest BCUT2D eigenvalue weighted by molar-refractivity contribution is -0.270. The minimum atomic E-state index is -0.942. The summed E-state index contributed by atoms with van der Waals surface area (Å²) in [6.45, 7) is 13.6. The predicted octanol–water partition coefficient (Wildman–Crippen LogP) is 7.14. The van der Waals surface area contributed by atoms with E-state index in [9.17, 15) is 19.6 Å². The van der Waals surface area contributed by atoms with E-state index in [1.807, 2.05) is 36.4 Å². The van der Waals surface area contributed by atoms with Crippen LogP contribution >= 0.6 is 0 Å². The van der Waals surface area contributed by atoms with Crippen LogP contribution in [0.1, 0.15) is 31.1 Å². The highest BCUT2D eigenvalue weighted by Gasteiger charge is 2.20. The molecule has 42 heavy (non-hydrogen) atoms. The van der Waals surface area contributed by atoms with E-state index in [1.165, 1.54) is 19.1 Å². The van der Waals surface area contributed by atoms with Crippen LogP contribution in [0.2, 0.25) is 0 Å². The second-order valence-corrected chi connectivity index (χ2v) is 9.50. The number of fused-ring (bicyclic) bond motifs is 1. The molecule has 0 spiro atoms. The first-order valence-corrected chi connectivity index (χ1v) is 12.8. The smallest absolute Gasteiger partial charge is 0.338 e. The van der Waals surface area contributed by atoms with E-state index >= 15 is 0 Å². The maximum absolute atomic E-state index is 12.0. The zero-order chi connectivity index (χ0) is 30.4. The van der Waals surface area contributed by atoms with Gasteiger partial charge < -0.3 is 14.2 Å². The summed E-state index contributed by atoms with van der Waals surface area (Å²) >= 11 is 0. The van der Waals surface area contributed by atoms with E-state index in [1.54, 1.807) is 37.3 Å². The highest BCUT2D eigenvalue weighted by atomic mass is 17.1. The van der Waals surface area contributed by atoms with Gasteiger partial charge in [-0.05, 0) is 77.2 Å². The van der Waals surface area contributed by atoms with Crippen LogP contribution in [0.5, 0.6) is 17.2 Å². The van der Waals surface area contributed by atoms with Crippen LogP contribution in [0.4, 0.5) is 0 Å². The summed E-state index contributed by atoms with van der Waals surface area (Å²) in [5.74, 6) is -1.56. The Morgan fingerprint density at radius 3 is 1.93 bits per heavy atom. The zero-order valence-electron chi connectivity index (χ0n) is 23.1. The number of rotatable bonds is 10. The van der Waals surface area contributed by atoms with Crippen LogP contribution in [-0.4, -0.2) is 23.2 Å². The second-order valence-electron chi connectivity index (χ2n) is 9.50. The van der Waals surface area contributed by atoms with Crippen LogP contribution in [0.3, 0.4) is 0 Å². The maximum Gasteiger partial charge on any atom is 0.338 e. The number of esters is 3. The van der Waals surface area contributed by atoms with E-state index in [4.69, 9.17) is 19.1 Å². The monoisotopic (exact) mass is 564 g/mol. The van der Waals surface area contributed by atoms with E-state index in [-0.39, 0.29) is 17.1 Å². The van der Waals surface area contributed by atoms with Gasteiger partial charge in [-0.2, -0.15) is 0 Å². The third-order valence-electron chi connectivity index (χ3n) is 6.22. The van der Waals surface area contributed by atoms with Crippen LogP contribution < -0.4 is 14.2 Å². The van der Waals surface area contributed by atoms with Crippen molar-refractivity contribution in [1.29, 1.82) is 0 Å². The van der Waals surface area contributed by atoms with Crippen molar-refractivity contribution in [1.82, 2.24) is 0 Å². The Morgan fingerprint density at radius 1 is 0.690 bits per heavy atom. The molecule has 4 rings (SSSR count). The second kappa shape index (κ2) is 12.9. The van der Waals surface area contributed by atoms with Gasteiger partial charge in [0.15, 0.2) is 11.5 Å². The summed E-state index contributed by atoms with van der Waals surface area (Å²) in [4.78, 5) is 40.6. The molecule has 0 radical (unpaired) electrons. The third kappa shape index (κ3) is 6.87. The molecule has 1 N–H and O–H groups in total. The van der Waals surface area contributed by atoms with Gasteiger partial charge in [-0.3, -0.25) is 5.26 Å². The number of hydrogen-bond donors (Lipinski definition) is 1. The summed E-state index contributed by atoms with van der Waals surface area (Å²) in [6, 6.07) is 23.1. The van der Waals surface area contributed by atoms with Gasteiger partial charge in [-0.25, -0.2) is 19.3 Å². The molecule has 0 amide bonds. The van der Waals surface area contributed by atoms with Crippen LogP contribution in [0, 0.1) is 0 Å². The first kappa shape index (κ1) is 29.7. The average molecular weight is 565 g/mol. The van der Waals surface area contributed by atoms with Crippen molar-refractivity contribution in [3.8, 4) is 28.4 Å². The molecule has 1 unspecified atom stereocenters. The average Bonchev–Trinajstić information content (AvgIpc) is 2.98. The van der Waals surface area contributed by atoms with Crippen molar-refractivity contribution >= 4 is 28.7 Å². The van der Waals surface area contributed by atoms with Gasteiger partial charge in [0, 0.05) is 17.2 Å². The van der Waals surface area contributed by atoms with Crippen molar-refractivity contribution in [3.05, 3.63) is 127 Å². The lowest BCUT2D eigenvalue weighted by Gasteiger charge is -2.17. The lowest BCUT2D eigenvalue weighted by Crippen LogP contribution is -2.12. The van der Waals surface area contributed by atoms with Gasteiger partial charge in [-0.1, -0.05) is 68.3 Å². The molecule has 0 aliphatic heterocycles. The Bertz CT molecular complexity index is 1720. The fourth-order valence-electron chi connectivity index (χ4n) is 4.01. The molecule has 0 bridgehead atoms. The summed E-state index contributed by atoms with van der Waals surface area (Å²) in [5, 5.41) is 11.7. The fourth-order valence-corrected chi connectivity index (χ4v) is 4.01. The topological polar surface area (TPSA) is 108 Å². The molecule has 8 heteroatoms. The van der Waals surface area contributed by atoms with E-state index in [0.29, 0.717) is 22.4 Å². The van der Waals surface area contributed by atoms with E-state index in [2.05, 4.69) is 19.7 Å². The normalized spacial score (nSPS) is 11.3. The van der Waals surface area contributed by atoms with Crippen molar-refractivity contribution in [2.75, 3.05) is 0 Å². The van der Waals surface area contributed by atoms with Gasteiger partial charge in [0.05, 0.1) is 0 Å². The number of hydrogen-bond acceptors (Lipinski definition) is 8.